The summed E-state index contributed by atoms with van der Waals surface area (Å²) in [5.41, 5.74) is 4.93. The molecule has 0 spiro atoms. The van der Waals surface area contributed by atoms with Crippen molar-refractivity contribution in [1.82, 2.24) is 20.5 Å². The Morgan fingerprint density at radius 3 is 2.35 bits per heavy atom. The molecule has 0 fully saturated rings. The van der Waals surface area contributed by atoms with E-state index in [1.807, 2.05) is 34.6 Å². The first kappa shape index (κ1) is 13.6. The Balaban J connectivity index is 2.81. The quantitative estimate of drug-likeness (QED) is 0.718. The third kappa shape index (κ3) is 3.52. The lowest BCUT2D eigenvalue weighted by atomic mass is 9.96. The minimum absolute atomic E-state index is 0.149. The molecule has 0 aromatic carbocycles. The molecule has 6 heteroatoms. The smallest absolute Gasteiger partial charge is 0.291 e. The summed E-state index contributed by atoms with van der Waals surface area (Å²) in [5.74, 6) is 0.525. The van der Waals surface area contributed by atoms with Crippen molar-refractivity contribution in [2.24, 2.45) is 5.73 Å². The summed E-state index contributed by atoms with van der Waals surface area (Å²) in [6.07, 6.45) is 0. The normalized spacial score (nSPS) is 12.6. The topological polar surface area (TPSA) is 96.7 Å². The van der Waals surface area contributed by atoms with Gasteiger partial charge in [0.25, 0.3) is 5.91 Å². The second-order valence-electron chi connectivity index (χ2n) is 5.80. The van der Waals surface area contributed by atoms with Crippen LogP contribution in [0.4, 0.5) is 0 Å². The molecule has 6 nitrogen and oxygen atoms in total. The molecule has 0 aliphatic heterocycles. The van der Waals surface area contributed by atoms with Crippen LogP contribution in [0.1, 0.15) is 51.1 Å². The fraction of sp³-hybridized carbons (Fsp3) is 0.727. The second kappa shape index (κ2) is 4.44. The maximum absolute atomic E-state index is 11.8. The zero-order chi connectivity index (χ0) is 13.3. The van der Waals surface area contributed by atoms with E-state index in [4.69, 9.17) is 5.73 Å². The molecular weight excluding hydrogens is 218 g/mol. The first-order chi connectivity index (χ1) is 7.65. The van der Waals surface area contributed by atoms with E-state index < -0.39 is 5.54 Å². The first-order valence-electron chi connectivity index (χ1n) is 5.61. The Hall–Kier alpha value is -1.43. The van der Waals surface area contributed by atoms with Crippen LogP contribution < -0.4 is 11.1 Å². The van der Waals surface area contributed by atoms with E-state index in [0.29, 0.717) is 12.4 Å². The maximum atomic E-state index is 11.8. The van der Waals surface area contributed by atoms with E-state index in [0.717, 1.165) is 0 Å². The van der Waals surface area contributed by atoms with Crippen molar-refractivity contribution in [2.75, 3.05) is 6.54 Å². The lowest BCUT2D eigenvalue weighted by molar-refractivity contribution is 0.0905. The molecule has 0 aliphatic carbocycles. The molecule has 1 aromatic rings. The molecule has 1 aromatic heterocycles. The lowest BCUT2D eigenvalue weighted by Gasteiger charge is -2.23. The highest BCUT2D eigenvalue weighted by Crippen LogP contribution is 2.17. The first-order valence-corrected chi connectivity index (χ1v) is 5.61. The van der Waals surface area contributed by atoms with E-state index >= 15 is 0 Å². The molecule has 0 bridgehead atoms. The van der Waals surface area contributed by atoms with Gasteiger partial charge in [0.1, 0.15) is 5.82 Å². The van der Waals surface area contributed by atoms with Gasteiger partial charge in [-0.1, -0.05) is 20.8 Å². The molecule has 0 saturated heterocycles. The van der Waals surface area contributed by atoms with Gasteiger partial charge in [0.2, 0.25) is 5.82 Å². The minimum atomic E-state index is -0.459. The SMILES string of the molecule is CC(C)(CN)NC(=O)c1n[nH]c(C(C)(C)C)n1. The zero-order valence-corrected chi connectivity index (χ0v) is 11.1. The van der Waals surface area contributed by atoms with Crippen molar-refractivity contribution >= 4 is 5.91 Å². The van der Waals surface area contributed by atoms with E-state index in [1.165, 1.54) is 0 Å². The molecule has 0 atom stereocenters. The molecular formula is C11H21N5O. The van der Waals surface area contributed by atoms with Gasteiger partial charge in [-0.05, 0) is 13.8 Å². The Labute approximate surface area is 101 Å². The molecule has 0 saturated carbocycles. The monoisotopic (exact) mass is 239 g/mol. The van der Waals surface area contributed by atoms with Crippen molar-refractivity contribution < 1.29 is 4.79 Å². The molecule has 0 aliphatic rings. The summed E-state index contributed by atoms with van der Waals surface area (Å²) in [6.45, 7) is 10.1. The van der Waals surface area contributed by atoms with Crippen LogP contribution in [0.25, 0.3) is 0 Å². The van der Waals surface area contributed by atoms with Crippen LogP contribution in [0.2, 0.25) is 0 Å². The standard InChI is InChI=1S/C11H21N5O/c1-10(2,3)9-13-7(15-16-9)8(17)14-11(4,5)6-12/h6,12H2,1-5H3,(H,14,17)(H,13,15,16). The molecule has 4 N–H and O–H groups in total. The minimum Gasteiger partial charge on any atom is -0.343 e. The van der Waals surface area contributed by atoms with Gasteiger partial charge in [-0.2, -0.15) is 0 Å². The van der Waals surface area contributed by atoms with Gasteiger partial charge in [0.05, 0.1) is 0 Å². The van der Waals surface area contributed by atoms with Crippen LogP contribution in [0.3, 0.4) is 0 Å². The number of amides is 1. The number of H-pyrrole nitrogens is 1. The fourth-order valence-electron chi connectivity index (χ4n) is 1.11. The van der Waals surface area contributed by atoms with Crippen LogP contribution in [-0.2, 0) is 5.41 Å². The number of aromatic amines is 1. The number of nitrogens with two attached hydrogens (primary N) is 1. The molecule has 0 unspecified atom stereocenters. The Morgan fingerprint density at radius 1 is 1.35 bits per heavy atom. The van der Waals surface area contributed by atoms with E-state index in [-0.39, 0.29) is 17.1 Å². The Morgan fingerprint density at radius 2 is 1.94 bits per heavy atom. The van der Waals surface area contributed by atoms with Crippen LogP contribution in [0.5, 0.6) is 0 Å². The van der Waals surface area contributed by atoms with Gasteiger partial charge in [-0.15, -0.1) is 5.10 Å². The fourth-order valence-corrected chi connectivity index (χ4v) is 1.11. The van der Waals surface area contributed by atoms with Crippen LogP contribution in [0, 0.1) is 0 Å². The highest BCUT2D eigenvalue weighted by atomic mass is 16.2. The van der Waals surface area contributed by atoms with E-state index in [9.17, 15) is 4.79 Å². The third-order valence-corrected chi connectivity index (χ3v) is 2.36. The van der Waals surface area contributed by atoms with Crippen LogP contribution >= 0.6 is 0 Å². The second-order valence-corrected chi connectivity index (χ2v) is 5.80. The molecule has 17 heavy (non-hydrogen) atoms. The van der Waals surface area contributed by atoms with Crippen LogP contribution in [0.15, 0.2) is 0 Å². The third-order valence-electron chi connectivity index (χ3n) is 2.36. The summed E-state index contributed by atoms with van der Waals surface area (Å²) < 4.78 is 0. The highest BCUT2D eigenvalue weighted by Gasteiger charge is 2.24. The van der Waals surface area contributed by atoms with Gasteiger partial charge < -0.3 is 11.1 Å². The maximum Gasteiger partial charge on any atom is 0.291 e. The zero-order valence-electron chi connectivity index (χ0n) is 11.1. The highest BCUT2D eigenvalue weighted by molar-refractivity contribution is 5.90. The number of nitrogens with zero attached hydrogens (tertiary/aromatic N) is 2. The van der Waals surface area contributed by atoms with Crippen molar-refractivity contribution in [3.8, 4) is 0 Å². The van der Waals surface area contributed by atoms with E-state index in [2.05, 4.69) is 20.5 Å². The Bertz CT molecular complexity index is 402. The average Bonchev–Trinajstić information content (AvgIpc) is 2.65. The molecule has 1 amide bonds. The summed E-state index contributed by atoms with van der Waals surface area (Å²) in [6, 6.07) is 0. The van der Waals surface area contributed by atoms with Crippen molar-refractivity contribution in [2.45, 2.75) is 45.6 Å². The van der Waals surface area contributed by atoms with E-state index in [1.54, 1.807) is 0 Å². The van der Waals surface area contributed by atoms with Crippen molar-refractivity contribution in [1.29, 1.82) is 0 Å². The summed E-state index contributed by atoms with van der Waals surface area (Å²) in [7, 11) is 0. The lowest BCUT2D eigenvalue weighted by Crippen LogP contribution is -2.49. The molecule has 96 valence electrons. The number of hydrogen-bond donors (Lipinski definition) is 3. The van der Waals surface area contributed by atoms with Gasteiger partial charge >= 0.3 is 0 Å². The molecule has 0 radical (unpaired) electrons. The predicted octanol–water partition coefficient (Wildman–Crippen LogP) is 0.569. The molecule has 1 heterocycles. The van der Waals surface area contributed by atoms with Gasteiger partial charge in [-0.3, -0.25) is 9.89 Å². The number of hydrogen-bond acceptors (Lipinski definition) is 4. The van der Waals surface area contributed by atoms with Crippen LogP contribution in [-0.4, -0.2) is 33.2 Å². The van der Waals surface area contributed by atoms with Gasteiger partial charge in [0.15, 0.2) is 0 Å². The summed E-state index contributed by atoms with van der Waals surface area (Å²) in [5, 5.41) is 9.47. The molecule has 1 rings (SSSR count). The summed E-state index contributed by atoms with van der Waals surface area (Å²) in [4.78, 5) is 16.0. The number of nitrogens with one attached hydrogen (secondary N) is 2. The average molecular weight is 239 g/mol. The largest absolute Gasteiger partial charge is 0.343 e. The number of rotatable bonds is 3. The number of aromatic nitrogens is 3. The van der Waals surface area contributed by atoms with Gasteiger partial charge in [0, 0.05) is 17.5 Å². The van der Waals surface area contributed by atoms with Crippen molar-refractivity contribution in [3.63, 3.8) is 0 Å². The number of carbonyl (C=O) groups is 1. The Kier molecular flexibility index (Phi) is 3.56. The predicted molar refractivity (Wildman–Crippen MR) is 65.7 cm³/mol. The number of carbonyl (C=O) groups excluding carboxylic acids is 1. The summed E-state index contributed by atoms with van der Waals surface area (Å²) >= 11 is 0. The van der Waals surface area contributed by atoms with Gasteiger partial charge in [-0.25, -0.2) is 4.98 Å². The van der Waals surface area contributed by atoms with Crippen molar-refractivity contribution in [3.05, 3.63) is 11.6 Å².